The van der Waals surface area contributed by atoms with Crippen LogP contribution in [0.4, 0.5) is 0 Å². The van der Waals surface area contributed by atoms with Gasteiger partial charge in [-0.1, -0.05) is 12.1 Å². The van der Waals surface area contributed by atoms with E-state index in [2.05, 4.69) is 11.2 Å². The first-order chi connectivity index (χ1) is 11.6. The lowest BCUT2D eigenvalue weighted by Crippen LogP contribution is -2.38. The number of furan rings is 1. The van der Waals surface area contributed by atoms with E-state index in [-0.39, 0.29) is 11.9 Å². The van der Waals surface area contributed by atoms with Crippen molar-refractivity contribution in [2.45, 2.75) is 39.3 Å². The Morgan fingerprint density at radius 1 is 1.38 bits per heavy atom. The molecule has 1 saturated heterocycles. The SMILES string of the molecule is Cc1ccc2c(C)c(C(=O)N3CCCC3Cn3cccn3)oc2c1. The van der Waals surface area contributed by atoms with Gasteiger partial charge in [-0.05, 0) is 44.4 Å². The molecule has 2 aromatic heterocycles. The fourth-order valence-electron chi connectivity index (χ4n) is 3.58. The Morgan fingerprint density at radius 2 is 2.25 bits per heavy atom. The van der Waals surface area contributed by atoms with Crippen LogP contribution < -0.4 is 0 Å². The minimum absolute atomic E-state index is 0.00370. The molecule has 3 heterocycles. The average molecular weight is 323 g/mol. The van der Waals surface area contributed by atoms with E-state index in [4.69, 9.17) is 4.42 Å². The number of likely N-dealkylation sites (tertiary alicyclic amines) is 1. The second-order valence-electron chi connectivity index (χ2n) is 6.58. The van der Waals surface area contributed by atoms with Crippen LogP contribution in [-0.4, -0.2) is 33.2 Å². The largest absolute Gasteiger partial charge is 0.451 e. The van der Waals surface area contributed by atoms with E-state index in [0.717, 1.165) is 48.0 Å². The Bertz CT molecular complexity index is 880. The third kappa shape index (κ3) is 2.50. The molecule has 1 aromatic carbocycles. The number of carbonyl (C=O) groups excluding carboxylic acids is 1. The van der Waals surface area contributed by atoms with Crippen molar-refractivity contribution in [3.8, 4) is 0 Å². The summed E-state index contributed by atoms with van der Waals surface area (Å²) in [5.74, 6) is 0.471. The van der Waals surface area contributed by atoms with Crippen molar-refractivity contribution >= 4 is 16.9 Å². The molecular weight excluding hydrogens is 302 g/mol. The minimum Gasteiger partial charge on any atom is -0.451 e. The maximum Gasteiger partial charge on any atom is 0.290 e. The van der Waals surface area contributed by atoms with Gasteiger partial charge in [0, 0.05) is 29.9 Å². The van der Waals surface area contributed by atoms with Crippen LogP contribution in [0, 0.1) is 13.8 Å². The summed E-state index contributed by atoms with van der Waals surface area (Å²) in [4.78, 5) is 15.0. The van der Waals surface area contributed by atoms with Crippen LogP contribution in [0.15, 0.2) is 41.1 Å². The molecule has 1 amide bonds. The summed E-state index contributed by atoms with van der Waals surface area (Å²) in [7, 11) is 0. The van der Waals surface area contributed by atoms with Gasteiger partial charge in [-0.2, -0.15) is 5.10 Å². The zero-order valence-corrected chi connectivity index (χ0v) is 14.0. The van der Waals surface area contributed by atoms with E-state index in [9.17, 15) is 4.79 Å². The third-order valence-corrected chi connectivity index (χ3v) is 4.88. The van der Waals surface area contributed by atoms with Crippen LogP contribution in [0.5, 0.6) is 0 Å². The molecule has 0 bridgehead atoms. The first-order valence-corrected chi connectivity index (χ1v) is 8.41. The van der Waals surface area contributed by atoms with E-state index in [1.54, 1.807) is 6.20 Å². The maximum absolute atomic E-state index is 13.1. The topological polar surface area (TPSA) is 51.3 Å². The number of rotatable bonds is 3. The number of aryl methyl sites for hydroxylation is 2. The number of benzene rings is 1. The van der Waals surface area contributed by atoms with Gasteiger partial charge in [-0.25, -0.2) is 0 Å². The van der Waals surface area contributed by atoms with Crippen molar-refractivity contribution in [2.75, 3.05) is 6.54 Å². The van der Waals surface area contributed by atoms with Crippen LogP contribution in [0.2, 0.25) is 0 Å². The lowest BCUT2D eigenvalue weighted by molar-refractivity contribution is 0.0690. The van der Waals surface area contributed by atoms with E-state index in [1.165, 1.54) is 0 Å². The van der Waals surface area contributed by atoms with Gasteiger partial charge in [0.05, 0.1) is 12.6 Å². The highest BCUT2D eigenvalue weighted by Gasteiger charge is 2.32. The summed E-state index contributed by atoms with van der Waals surface area (Å²) >= 11 is 0. The molecule has 0 radical (unpaired) electrons. The van der Waals surface area contributed by atoms with Gasteiger partial charge in [0.2, 0.25) is 0 Å². The second-order valence-corrected chi connectivity index (χ2v) is 6.58. The van der Waals surface area contributed by atoms with Gasteiger partial charge in [0.25, 0.3) is 5.91 Å². The molecule has 0 aliphatic carbocycles. The number of hydrogen-bond acceptors (Lipinski definition) is 3. The molecular formula is C19H21N3O2. The molecule has 1 fully saturated rings. The summed E-state index contributed by atoms with van der Waals surface area (Å²) in [6, 6.07) is 8.16. The molecule has 0 N–H and O–H groups in total. The first kappa shape index (κ1) is 15.0. The number of aromatic nitrogens is 2. The molecule has 3 aromatic rings. The van der Waals surface area contributed by atoms with Crippen LogP contribution in [0.3, 0.4) is 0 Å². The second kappa shape index (κ2) is 5.82. The number of nitrogens with zero attached hydrogens (tertiary/aromatic N) is 3. The first-order valence-electron chi connectivity index (χ1n) is 8.41. The molecule has 5 heteroatoms. The lowest BCUT2D eigenvalue weighted by atomic mass is 10.1. The number of hydrogen-bond donors (Lipinski definition) is 0. The Balaban J connectivity index is 1.64. The van der Waals surface area contributed by atoms with E-state index >= 15 is 0 Å². The predicted octanol–water partition coefficient (Wildman–Crippen LogP) is 3.55. The highest BCUT2D eigenvalue weighted by atomic mass is 16.3. The maximum atomic E-state index is 13.1. The van der Waals surface area contributed by atoms with Crippen molar-refractivity contribution < 1.29 is 9.21 Å². The van der Waals surface area contributed by atoms with Crippen LogP contribution >= 0.6 is 0 Å². The summed E-state index contributed by atoms with van der Waals surface area (Å²) < 4.78 is 7.82. The normalized spacial score (nSPS) is 17.8. The molecule has 5 nitrogen and oxygen atoms in total. The van der Waals surface area contributed by atoms with Gasteiger partial charge < -0.3 is 9.32 Å². The van der Waals surface area contributed by atoms with Gasteiger partial charge in [-0.15, -0.1) is 0 Å². The molecule has 1 atom stereocenters. The van der Waals surface area contributed by atoms with Crippen molar-refractivity contribution in [3.63, 3.8) is 0 Å². The van der Waals surface area contributed by atoms with Crippen molar-refractivity contribution in [1.29, 1.82) is 0 Å². The van der Waals surface area contributed by atoms with Gasteiger partial charge in [-0.3, -0.25) is 9.48 Å². The monoisotopic (exact) mass is 323 g/mol. The van der Waals surface area contributed by atoms with Crippen molar-refractivity contribution in [2.24, 2.45) is 0 Å². The molecule has 1 aliphatic rings. The van der Waals surface area contributed by atoms with Gasteiger partial charge in [0.15, 0.2) is 5.76 Å². The van der Waals surface area contributed by atoms with Crippen molar-refractivity contribution in [1.82, 2.24) is 14.7 Å². The smallest absolute Gasteiger partial charge is 0.290 e. The molecule has 0 saturated carbocycles. The summed E-state index contributed by atoms with van der Waals surface area (Å²) in [5.41, 5.74) is 2.85. The molecule has 0 spiro atoms. The third-order valence-electron chi connectivity index (χ3n) is 4.88. The fourth-order valence-corrected chi connectivity index (χ4v) is 3.58. The molecule has 1 unspecified atom stereocenters. The minimum atomic E-state index is -0.00370. The summed E-state index contributed by atoms with van der Waals surface area (Å²) in [6.45, 7) is 5.50. The molecule has 124 valence electrons. The Kier molecular flexibility index (Phi) is 3.63. The van der Waals surface area contributed by atoms with E-state index < -0.39 is 0 Å². The Hall–Kier alpha value is -2.56. The fraction of sp³-hybridized carbons (Fsp3) is 0.368. The van der Waals surface area contributed by atoms with Crippen LogP contribution in [0.1, 0.15) is 34.5 Å². The standard InChI is InChI=1S/C19H21N3O2/c1-13-6-7-16-14(2)18(24-17(16)11-13)19(23)22-10-3-5-15(22)12-21-9-4-8-20-21/h4,6-9,11,15H,3,5,10,12H2,1-2H3. The Morgan fingerprint density at radius 3 is 3.04 bits per heavy atom. The van der Waals surface area contributed by atoms with Gasteiger partial charge in [0.1, 0.15) is 5.58 Å². The van der Waals surface area contributed by atoms with Crippen molar-refractivity contribution in [3.05, 3.63) is 53.5 Å². The Labute approximate surface area is 140 Å². The van der Waals surface area contributed by atoms with Gasteiger partial charge >= 0.3 is 0 Å². The molecule has 1 aliphatic heterocycles. The zero-order chi connectivity index (χ0) is 16.7. The van der Waals surface area contributed by atoms with E-state index in [1.807, 2.05) is 47.8 Å². The average Bonchev–Trinajstić information content (AvgIpc) is 3.28. The van der Waals surface area contributed by atoms with Crippen LogP contribution in [-0.2, 0) is 6.54 Å². The number of amides is 1. The highest BCUT2D eigenvalue weighted by molar-refractivity contribution is 5.99. The quantitative estimate of drug-likeness (QED) is 0.740. The highest BCUT2D eigenvalue weighted by Crippen LogP contribution is 2.29. The molecule has 4 rings (SSSR count). The summed E-state index contributed by atoms with van der Waals surface area (Å²) in [6.07, 6.45) is 5.74. The van der Waals surface area contributed by atoms with E-state index in [0.29, 0.717) is 5.76 Å². The lowest BCUT2D eigenvalue weighted by Gasteiger charge is -2.24. The number of fused-ring (bicyclic) bond motifs is 1. The summed E-state index contributed by atoms with van der Waals surface area (Å²) in [5, 5.41) is 5.28. The molecule has 24 heavy (non-hydrogen) atoms. The zero-order valence-electron chi connectivity index (χ0n) is 14.0. The number of carbonyl (C=O) groups is 1. The van der Waals surface area contributed by atoms with Crippen LogP contribution in [0.25, 0.3) is 11.0 Å². The predicted molar refractivity (Wildman–Crippen MR) is 92.0 cm³/mol.